The molecule has 3 atom stereocenters. The molecule has 2 aromatic rings. The topological polar surface area (TPSA) is 106 Å². The van der Waals surface area contributed by atoms with E-state index >= 15 is 0 Å². The monoisotopic (exact) mass is 428 g/mol. The van der Waals surface area contributed by atoms with Crippen molar-refractivity contribution in [3.63, 3.8) is 0 Å². The van der Waals surface area contributed by atoms with E-state index in [1.165, 1.54) is 38.1 Å². The Morgan fingerprint density at radius 3 is 2.29 bits per heavy atom. The molecule has 3 unspecified atom stereocenters. The molecule has 1 aromatic carbocycles. The standard InChI is InChI=1S/C23H28N2O6/c1-13-9-7-8-10-18(13)14(2)15(3)25(16(4)23(28)29)22(27)20-21(31-17(5)26)19(30-6)11-12-24-20/h7-12,14-16H,1-6H3,(H,28,29). The predicted molar refractivity (Wildman–Crippen MR) is 114 cm³/mol. The average Bonchev–Trinajstić information content (AvgIpc) is 2.73. The smallest absolute Gasteiger partial charge is 0.326 e. The minimum absolute atomic E-state index is 0.138. The molecule has 2 rings (SSSR count). The van der Waals surface area contributed by atoms with E-state index in [4.69, 9.17) is 9.47 Å². The maximum Gasteiger partial charge on any atom is 0.326 e. The van der Waals surface area contributed by atoms with E-state index in [0.717, 1.165) is 11.1 Å². The Labute approximate surface area is 181 Å². The number of ether oxygens (including phenoxy) is 2. The van der Waals surface area contributed by atoms with Gasteiger partial charge in [-0.15, -0.1) is 0 Å². The number of carboxylic acid groups (broad SMARTS) is 1. The summed E-state index contributed by atoms with van der Waals surface area (Å²) in [4.78, 5) is 42.4. The molecular formula is C23H28N2O6. The van der Waals surface area contributed by atoms with Crippen LogP contribution < -0.4 is 9.47 Å². The van der Waals surface area contributed by atoms with Gasteiger partial charge in [-0.2, -0.15) is 0 Å². The van der Waals surface area contributed by atoms with E-state index in [1.54, 1.807) is 6.92 Å². The maximum atomic E-state index is 13.6. The second kappa shape index (κ2) is 10.1. The summed E-state index contributed by atoms with van der Waals surface area (Å²) in [6.07, 6.45) is 1.35. The van der Waals surface area contributed by atoms with Crippen LogP contribution in [0.5, 0.6) is 11.5 Å². The van der Waals surface area contributed by atoms with Crippen molar-refractivity contribution in [2.24, 2.45) is 0 Å². The lowest BCUT2D eigenvalue weighted by Gasteiger charge is -2.36. The number of hydrogen-bond donors (Lipinski definition) is 1. The number of carbonyl (C=O) groups is 3. The molecule has 8 nitrogen and oxygen atoms in total. The fraction of sp³-hybridized carbons (Fsp3) is 0.391. The first-order valence-corrected chi connectivity index (χ1v) is 9.92. The predicted octanol–water partition coefficient (Wildman–Crippen LogP) is 3.43. The molecular weight excluding hydrogens is 400 g/mol. The van der Waals surface area contributed by atoms with E-state index in [1.807, 2.05) is 38.1 Å². The molecule has 166 valence electrons. The van der Waals surface area contributed by atoms with Gasteiger partial charge in [-0.05, 0) is 31.9 Å². The van der Waals surface area contributed by atoms with Gasteiger partial charge in [0.25, 0.3) is 5.91 Å². The molecule has 8 heteroatoms. The zero-order chi connectivity index (χ0) is 23.3. The summed E-state index contributed by atoms with van der Waals surface area (Å²) >= 11 is 0. The first-order chi connectivity index (χ1) is 14.6. The van der Waals surface area contributed by atoms with Crippen LogP contribution in [0.4, 0.5) is 0 Å². The first kappa shape index (κ1) is 23.9. The molecule has 1 aromatic heterocycles. The Morgan fingerprint density at radius 2 is 1.74 bits per heavy atom. The van der Waals surface area contributed by atoms with Crippen LogP contribution in [-0.2, 0) is 9.59 Å². The zero-order valence-electron chi connectivity index (χ0n) is 18.6. The van der Waals surface area contributed by atoms with Crippen LogP contribution in [0.3, 0.4) is 0 Å². The van der Waals surface area contributed by atoms with Crippen LogP contribution in [0.15, 0.2) is 36.5 Å². The summed E-state index contributed by atoms with van der Waals surface area (Å²) in [5.74, 6) is -2.64. The van der Waals surface area contributed by atoms with E-state index in [0.29, 0.717) is 0 Å². The van der Waals surface area contributed by atoms with Gasteiger partial charge in [-0.25, -0.2) is 9.78 Å². The van der Waals surface area contributed by atoms with Crippen LogP contribution in [0.2, 0.25) is 0 Å². The quantitative estimate of drug-likeness (QED) is 0.642. The second-order valence-corrected chi connectivity index (χ2v) is 7.40. The third-order valence-corrected chi connectivity index (χ3v) is 5.39. The molecule has 0 radical (unpaired) electrons. The summed E-state index contributed by atoms with van der Waals surface area (Å²) in [6.45, 7) is 8.33. The lowest BCUT2D eigenvalue weighted by molar-refractivity contribution is -0.142. The number of hydrogen-bond acceptors (Lipinski definition) is 6. The summed E-state index contributed by atoms with van der Waals surface area (Å²) in [6, 6.07) is 7.56. The molecule has 0 bridgehead atoms. The van der Waals surface area contributed by atoms with Crippen molar-refractivity contribution < 1.29 is 29.0 Å². The number of amides is 1. The van der Waals surface area contributed by atoms with Crippen molar-refractivity contribution in [1.29, 1.82) is 0 Å². The number of nitrogens with zero attached hydrogens (tertiary/aromatic N) is 2. The Hall–Kier alpha value is -3.42. The van der Waals surface area contributed by atoms with Gasteiger partial charge in [-0.1, -0.05) is 31.2 Å². The Balaban J connectivity index is 2.57. The van der Waals surface area contributed by atoms with Crippen LogP contribution in [0, 0.1) is 6.92 Å². The minimum atomic E-state index is -1.16. The highest BCUT2D eigenvalue weighted by atomic mass is 16.6. The SMILES string of the molecule is COc1ccnc(C(=O)N(C(C)C(=O)O)C(C)C(C)c2ccccc2C)c1OC(C)=O. The van der Waals surface area contributed by atoms with Gasteiger partial charge in [0.05, 0.1) is 7.11 Å². The van der Waals surface area contributed by atoms with Gasteiger partial charge in [0, 0.05) is 31.1 Å². The first-order valence-electron chi connectivity index (χ1n) is 9.92. The number of aryl methyl sites for hydroxylation is 1. The van der Waals surface area contributed by atoms with Crippen LogP contribution in [0.25, 0.3) is 0 Å². The molecule has 0 aliphatic carbocycles. The largest absolute Gasteiger partial charge is 0.493 e. The lowest BCUT2D eigenvalue weighted by Crippen LogP contribution is -2.50. The van der Waals surface area contributed by atoms with Gasteiger partial charge >= 0.3 is 11.9 Å². The second-order valence-electron chi connectivity index (χ2n) is 7.40. The molecule has 1 heterocycles. The normalized spacial score (nSPS) is 13.6. The number of pyridine rings is 1. The van der Waals surface area contributed by atoms with Gasteiger partial charge in [0.1, 0.15) is 6.04 Å². The van der Waals surface area contributed by atoms with Crippen molar-refractivity contribution in [1.82, 2.24) is 9.88 Å². The van der Waals surface area contributed by atoms with Crippen molar-refractivity contribution in [3.05, 3.63) is 53.3 Å². The third kappa shape index (κ3) is 5.20. The number of carboxylic acids is 1. The van der Waals surface area contributed by atoms with E-state index in [-0.39, 0.29) is 23.1 Å². The zero-order valence-corrected chi connectivity index (χ0v) is 18.6. The summed E-state index contributed by atoms with van der Waals surface area (Å²) in [5.41, 5.74) is 1.85. The summed E-state index contributed by atoms with van der Waals surface area (Å²) < 4.78 is 10.4. The van der Waals surface area contributed by atoms with Crippen LogP contribution in [0.1, 0.15) is 55.2 Å². The molecule has 0 saturated carbocycles. The number of rotatable bonds is 8. The van der Waals surface area contributed by atoms with Gasteiger partial charge < -0.3 is 19.5 Å². The van der Waals surface area contributed by atoms with E-state index < -0.39 is 29.9 Å². The van der Waals surface area contributed by atoms with Crippen molar-refractivity contribution >= 4 is 17.8 Å². The number of aliphatic carboxylic acids is 1. The molecule has 0 aliphatic heterocycles. The number of carbonyl (C=O) groups excluding carboxylic acids is 2. The highest BCUT2D eigenvalue weighted by molar-refractivity contribution is 5.98. The van der Waals surface area contributed by atoms with Gasteiger partial charge in [0.15, 0.2) is 11.4 Å². The van der Waals surface area contributed by atoms with Crippen molar-refractivity contribution in [2.45, 2.75) is 52.6 Å². The van der Waals surface area contributed by atoms with E-state index in [9.17, 15) is 19.5 Å². The average molecular weight is 428 g/mol. The maximum absolute atomic E-state index is 13.6. The highest BCUT2D eigenvalue weighted by Crippen LogP contribution is 2.33. The molecule has 0 spiro atoms. The summed E-state index contributed by atoms with van der Waals surface area (Å²) in [5, 5.41) is 9.70. The van der Waals surface area contributed by atoms with Gasteiger partial charge in [-0.3, -0.25) is 9.59 Å². The fourth-order valence-corrected chi connectivity index (χ4v) is 3.54. The molecule has 0 aliphatic rings. The fourth-order valence-electron chi connectivity index (χ4n) is 3.54. The van der Waals surface area contributed by atoms with Gasteiger partial charge in [0.2, 0.25) is 5.75 Å². The molecule has 1 N–H and O–H groups in total. The molecule has 0 fully saturated rings. The molecule has 1 amide bonds. The summed E-state index contributed by atoms with van der Waals surface area (Å²) in [7, 11) is 1.37. The van der Waals surface area contributed by atoms with Crippen molar-refractivity contribution in [3.8, 4) is 11.5 Å². The minimum Gasteiger partial charge on any atom is -0.493 e. The number of benzene rings is 1. The Morgan fingerprint density at radius 1 is 1.10 bits per heavy atom. The van der Waals surface area contributed by atoms with Crippen LogP contribution >= 0.6 is 0 Å². The number of aromatic nitrogens is 1. The number of esters is 1. The third-order valence-electron chi connectivity index (χ3n) is 5.39. The van der Waals surface area contributed by atoms with Crippen molar-refractivity contribution in [2.75, 3.05) is 7.11 Å². The molecule has 31 heavy (non-hydrogen) atoms. The highest BCUT2D eigenvalue weighted by Gasteiger charge is 2.36. The van der Waals surface area contributed by atoms with Crippen LogP contribution in [-0.4, -0.2) is 52.0 Å². The Kier molecular flexibility index (Phi) is 7.74. The number of methoxy groups -OCH3 is 1. The van der Waals surface area contributed by atoms with E-state index in [2.05, 4.69) is 4.98 Å². The molecule has 0 saturated heterocycles. The lowest BCUT2D eigenvalue weighted by atomic mass is 9.89. The Bertz CT molecular complexity index is 974.